The van der Waals surface area contributed by atoms with Crippen LogP contribution in [0.15, 0.2) is 0 Å². The minimum absolute atomic E-state index is 0.0128. The van der Waals surface area contributed by atoms with Gasteiger partial charge in [-0.05, 0) is 53.4 Å². The van der Waals surface area contributed by atoms with Crippen molar-refractivity contribution in [2.24, 2.45) is 0 Å². The van der Waals surface area contributed by atoms with Crippen molar-refractivity contribution in [1.82, 2.24) is 15.3 Å². The molecule has 0 aromatic heterocycles. The monoisotopic (exact) mass is 718 g/mol. The summed E-state index contributed by atoms with van der Waals surface area (Å²) in [6.45, 7) is 13.6. The zero-order chi connectivity index (χ0) is 36.8. The Labute approximate surface area is 293 Å². The minimum atomic E-state index is -1.37. The summed E-state index contributed by atoms with van der Waals surface area (Å²) in [6, 6.07) is 1.61. The highest BCUT2D eigenvalue weighted by molar-refractivity contribution is 7.44. The maximum atomic E-state index is 12.3. The molecule has 1 fully saturated rings. The molecule has 1 heterocycles. The van der Waals surface area contributed by atoms with Gasteiger partial charge in [0.05, 0.1) is 25.7 Å². The van der Waals surface area contributed by atoms with Gasteiger partial charge in [-0.15, -0.1) is 0 Å². The van der Waals surface area contributed by atoms with E-state index in [2.05, 4.69) is 49.1 Å². The van der Waals surface area contributed by atoms with Gasteiger partial charge in [0.2, 0.25) is 11.8 Å². The van der Waals surface area contributed by atoms with Gasteiger partial charge in [0.25, 0.3) is 8.53 Å². The average molecular weight is 719 g/mol. The number of rotatable bonds is 25. The highest BCUT2D eigenvalue weighted by atomic mass is 31.2. The summed E-state index contributed by atoms with van der Waals surface area (Å²) >= 11 is 0. The summed E-state index contributed by atoms with van der Waals surface area (Å²) in [7, 11) is -1.23. The number of hydrogen-bond donors (Lipinski definition) is 3. The van der Waals surface area contributed by atoms with Crippen LogP contribution < -0.4 is 10.6 Å². The van der Waals surface area contributed by atoms with E-state index in [4.69, 9.17) is 33.3 Å². The first-order valence-electron chi connectivity index (χ1n) is 17.3. The smallest absolute Gasteiger partial charge is 0.303 e. The summed E-state index contributed by atoms with van der Waals surface area (Å²) in [4.78, 5) is 47.1. The highest BCUT2D eigenvalue weighted by Gasteiger charge is 2.48. The number of carbonyl (C=O) groups is 4. The van der Waals surface area contributed by atoms with Crippen LogP contribution in [0, 0.1) is 11.3 Å². The molecule has 15 nitrogen and oxygen atoms in total. The van der Waals surface area contributed by atoms with Crippen LogP contribution in [0.4, 0.5) is 0 Å². The van der Waals surface area contributed by atoms with E-state index >= 15 is 0 Å². The van der Waals surface area contributed by atoms with Crippen LogP contribution in [0.2, 0.25) is 0 Å². The molecule has 282 valence electrons. The van der Waals surface area contributed by atoms with E-state index in [1.807, 2.05) is 0 Å². The van der Waals surface area contributed by atoms with Gasteiger partial charge in [0.15, 0.2) is 12.4 Å². The number of unbranched alkanes of at least 4 members (excludes halogenated alkanes) is 5. The topological polar surface area (TPSA) is 195 Å². The Kier molecular flexibility index (Phi) is 23.2. The first-order valence-corrected chi connectivity index (χ1v) is 18.4. The zero-order valence-electron chi connectivity index (χ0n) is 30.3. The second-order valence-corrected chi connectivity index (χ2v) is 13.9. The molecular formula is C33H59N4O11P. The van der Waals surface area contributed by atoms with Crippen molar-refractivity contribution in [1.29, 1.82) is 5.26 Å². The molecular weight excluding hydrogens is 659 g/mol. The standard InChI is InChI=1S/C33H59N4O11P/c1-23(2)37(24(3)4)49(46-21-15-17-34)45-20-14-9-8-12-18-35-29(41)16-11-10-13-19-43-33-30(36-25(5)38)31(42)32(47-27(7)40)28(48-33)22-44-26(6)39/h23-24,28,30-33,42H,8-16,18-22H2,1-7H3,(H,35,41)(H,36,38). The summed E-state index contributed by atoms with van der Waals surface area (Å²) in [5.74, 6) is -1.69. The van der Waals surface area contributed by atoms with Gasteiger partial charge in [-0.2, -0.15) is 5.26 Å². The third kappa shape index (κ3) is 18.9. The van der Waals surface area contributed by atoms with Crippen molar-refractivity contribution >= 4 is 32.3 Å². The molecule has 3 N–H and O–H groups in total. The fraction of sp³-hybridized carbons (Fsp3) is 0.848. The number of hydrogen-bond acceptors (Lipinski definition) is 13. The molecule has 6 atom stereocenters. The Morgan fingerprint density at radius 3 is 2.14 bits per heavy atom. The number of amides is 2. The lowest BCUT2D eigenvalue weighted by atomic mass is 9.96. The SMILES string of the molecule is CC(=O)NC1C(OCCCCCC(=O)NCCCCCCOP(OCCC#N)N(C(C)C)C(C)C)OC(COC(C)=O)C(OC(C)=O)C1O. The Morgan fingerprint density at radius 1 is 0.898 bits per heavy atom. The Balaban J connectivity index is 2.34. The summed E-state index contributed by atoms with van der Waals surface area (Å²) in [5, 5.41) is 25.3. The quantitative estimate of drug-likeness (QED) is 0.0705. The van der Waals surface area contributed by atoms with Gasteiger partial charge in [-0.25, -0.2) is 4.67 Å². The highest BCUT2D eigenvalue weighted by Crippen LogP contribution is 2.46. The van der Waals surface area contributed by atoms with E-state index in [0.29, 0.717) is 51.9 Å². The van der Waals surface area contributed by atoms with Crippen LogP contribution in [-0.4, -0.2) is 109 Å². The molecule has 0 aromatic carbocycles. The maximum absolute atomic E-state index is 12.3. The van der Waals surface area contributed by atoms with Gasteiger partial charge in [-0.3, -0.25) is 19.2 Å². The van der Waals surface area contributed by atoms with Crippen LogP contribution in [0.1, 0.15) is 106 Å². The Morgan fingerprint density at radius 2 is 1.53 bits per heavy atom. The molecule has 1 aliphatic heterocycles. The van der Waals surface area contributed by atoms with Crippen LogP contribution in [0.5, 0.6) is 0 Å². The number of ether oxygens (including phenoxy) is 4. The molecule has 0 bridgehead atoms. The number of esters is 2. The molecule has 6 unspecified atom stereocenters. The Hall–Kier alpha value is -2.44. The van der Waals surface area contributed by atoms with E-state index in [-0.39, 0.29) is 31.2 Å². The van der Waals surface area contributed by atoms with Gasteiger partial charge in [0.1, 0.15) is 24.9 Å². The fourth-order valence-corrected chi connectivity index (χ4v) is 6.87. The molecule has 1 aliphatic rings. The molecule has 0 spiro atoms. The molecule has 2 amide bonds. The third-order valence-corrected chi connectivity index (χ3v) is 9.49. The van der Waals surface area contributed by atoms with E-state index < -0.39 is 57.0 Å². The number of nitrogens with zero attached hydrogens (tertiary/aromatic N) is 2. The van der Waals surface area contributed by atoms with E-state index in [1.165, 1.54) is 20.8 Å². The van der Waals surface area contributed by atoms with Gasteiger partial charge >= 0.3 is 11.9 Å². The van der Waals surface area contributed by atoms with Crippen molar-refractivity contribution in [2.45, 2.75) is 149 Å². The minimum Gasteiger partial charge on any atom is -0.463 e. The van der Waals surface area contributed by atoms with Gasteiger partial charge in [0, 0.05) is 52.4 Å². The predicted octanol–water partition coefficient (Wildman–Crippen LogP) is 3.62. The van der Waals surface area contributed by atoms with Crippen molar-refractivity contribution < 1.29 is 52.3 Å². The molecule has 1 rings (SSSR count). The molecule has 49 heavy (non-hydrogen) atoms. The fourth-order valence-electron chi connectivity index (χ4n) is 5.24. The lowest BCUT2D eigenvalue weighted by Crippen LogP contribution is -2.65. The van der Waals surface area contributed by atoms with Crippen LogP contribution in [0.3, 0.4) is 0 Å². The third-order valence-electron chi connectivity index (χ3n) is 7.38. The van der Waals surface area contributed by atoms with E-state index in [9.17, 15) is 24.3 Å². The van der Waals surface area contributed by atoms with Crippen LogP contribution >= 0.6 is 8.53 Å². The lowest BCUT2D eigenvalue weighted by Gasteiger charge is -2.43. The number of nitrogens with one attached hydrogen (secondary N) is 2. The summed E-state index contributed by atoms with van der Waals surface area (Å²) < 4.78 is 36.2. The normalized spacial score (nSPS) is 21.3. The molecule has 0 radical (unpaired) electrons. The second kappa shape index (κ2) is 25.5. The van der Waals surface area contributed by atoms with Crippen molar-refractivity contribution in [3.63, 3.8) is 0 Å². The van der Waals surface area contributed by atoms with Gasteiger partial charge in [-0.1, -0.05) is 19.3 Å². The largest absolute Gasteiger partial charge is 0.463 e. The van der Waals surface area contributed by atoms with Gasteiger partial charge < -0.3 is 43.7 Å². The number of nitriles is 1. The van der Waals surface area contributed by atoms with Crippen LogP contribution in [0.25, 0.3) is 0 Å². The molecule has 16 heteroatoms. The second-order valence-electron chi connectivity index (χ2n) is 12.5. The van der Waals surface area contributed by atoms with E-state index in [0.717, 1.165) is 25.7 Å². The average Bonchev–Trinajstić information content (AvgIpc) is 3.01. The number of aliphatic hydroxyl groups excluding tert-OH is 1. The van der Waals surface area contributed by atoms with Crippen molar-refractivity contribution in [2.75, 3.05) is 33.0 Å². The van der Waals surface area contributed by atoms with E-state index in [1.54, 1.807) is 0 Å². The van der Waals surface area contributed by atoms with Crippen LogP contribution in [-0.2, 0) is 47.2 Å². The number of carbonyl (C=O) groups excluding carboxylic acids is 4. The lowest BCUT2D eigenvalue weighted by molar-refractivity contribution is -0.275. The first-order chi connectivity index (χ1) is 23.3. The molecule has 0 aromatic rings. The maximum Gasteiger partial charge on any atom is 0.303 e. The number of aliphatic hydroxyl groups is 1. The predicted molar refractivity (Wildman–Crippen MR) is 182 cm³/mol. The summed E-state index contributed by atoms with van der Waals surface area (Å²) in [6.07, 6.45) is 1.71. The van der Waals surface area contributed by atoms with Crippen molar-refractivity contribution in [3.05, 3.63) is 0 Å². The van der Waals surface area contributed by atoms with Crippen molar-refractivity contribution in [3.8, 4) is 6.07 Å². The molecule has 0 saturated carbocycles. The zero-order valence-corrected chi connectivity index (χ0v) is 31.2. The molecule has 0 aliphatic carbocycles. The Bertz CT molecular complexity index is 1020. The first kappa shape index (κ1) is 44.6. The molecule has 1 saturated heterocycles. The summed E-state index contributed by atoms with van der Waals surface area (Å²) in [5.41, 5.74) is 0.